The Morgan fingerprint density at radius 1 is 0.792 bits per heavy atom. The van der Waals surface area contributed by atoms with Gasteiger partial charge in [0.1, 0.15) is 0 Å². The van der Waals surface area contributed by atoms with E-state index in [9.17, 15) is 0 Å². The van der Waals surface area contributed by atoms with Gasteiger partial charge in [-0.1, -0.05) is 60.7 Å². The normalized spacial score (nSPS) is 14.7. The van der Waals surface area contributed by atoms with Crippen molar-refractivity contribution in [3.63, 3.8) is 0 Å². The van der Waals surface area contributed by atoms with Crippen LogP contribution in [0.2, 0.25) is 0 Å². The number of benzene rings is 2. The second-order valence-corrected chi connectivity index (χ2v) is 6.17. The van der Waals surface area contributed by atoms with Crippen LogP contribution in [-0.4, -0.2) is 30.6 Å². The maximum atomic E-state index is 3.48. The first-order valence-corrected chi connectivity index (χ1v) is 8.44. The van der Waals surface area contributed by atoms with Crippen LogP contribution in [0.4, 0.5) is 0 Å². The maximum Gasteiger partial charge on any atom is 0.0236 e. The molecule has 2 nitrogen and oxygen atoms in total. The number of rotatable bonds is 6. The second kappa shape index (κ2) is 11.5. The highest BCUT2D eigenvalue weighted by Crippen LogP contribution is 2.16. The number of nitrogens with one attached hydrogen (secondary N) is 1. The molecule has 0 aliphatic carbocycles. The first-order valence-electron chi connectivity index (χ1n) is 8.44. The van der Waals surface area contributed by atoms with Gasteiger partial charge >= 0.3 is 0 Å². The van der Waals surface area contributed by atoms with E-state index in [-0.39, 0.29) is 24.8 Å². The molecule has 1 heterocycles. The lowest BCUT2D eigenvalue weighted by molar-refractivity contribution is 0.155. The summed E-state index contributed by atoms with van der Waals surface area (Å²) in [7, 11) is 0. The lowest BCUT2D eigenvalue weighted by Gasteiger charge is -2.35. The lowest BCUT2D eigenvalue weighted by atomic mass is 10.0. The molecule has 2 aromatic rings. The molecule has 1 N–H and O–H groups in total. The zero-order valence-electron chi connectivity index (χ0n) is 14.1. The fourth-order valence-electron chi connectivity index (χ4n) is 3.30. The minimum atomic E-state index is 0. The van der Waals surface area contributed by atoms with Gasteiger partial charge < -0.3 is 5.32 Å². The second-order valence-electron chi connectivity index (χ2n) is 6.17. The molecule has 3 rings (SSSR count). The Hall–Kier alpha value is -1.06. The van der Waals surface area contributed by atoms with Crippen LogP contribution in [-0.2, 0) is 13.0 Å². The number of hydrogen-bond acceptors (Lipinski definition) is 2. The molecule has 0 saturated carbocycles. The Morgan fingerprint density at radius 3 is 1.92 bits per heavy atom. The van der Waals surface area contributed by atoms with E-state index in [0.29, 0.717) is 6.04 Å². The summed E-state index contributed by atoms with van der Waals surface area (Å²) in [5.41, 5.74) is 2.86. The Bertz CT molecular complexity index is 542. The summed E-state index contributed by atoms with van der Waals surface area (Å²) in [5, 5.41) is 3.48. The molecule has 0 amide bonds. The van der Waals surface area contributed by atoms with Gasteiger partial charge in [0, 0.05) is 19.1 Å². The average Bonchev–Trinajstić information content (AvgIpc) is 2.61. The monoisotopic (exact) mass is 366 g/mol. The van der Waals surface area contributed by atoms with Crippen LogP contribution < -0.4 is 5.32 Å². The lowest BCUT2D eigenvalue weighted by Crippen LogP contribution is -2.43. The molecule has 132 valence electrons. The van der Waals surface area contributed by atoms with Crippen LogP contribution >= 0.6 is 24.8 Å². The molecule has 24 heavy (non-hydrogen) atoms. The maximum absolute atomic E-state index is 3.48. The third kappa shape index (κ3) is 6.45. The van der Waals surface area contributed by atoms with Crippen LogP contribution in [0.25, 0.3) is 0 Å². The highest BCUT2D eigenvalue weighted by molar-refractivity contribution is 5.85. The molecule has 0 unspecified atom stereocenters. The van der Waals surface area contributed by atoms with Gasteiger partial charge in [-0.3, -0.25) is 4.90 Å². The Kier molecular flexibility index (Phi) is 10.0. The number of piperidine rings is 1. The molecule has 0 aromatic heterocycles. The Morgan fingerprint density at radius 2 is 1.33 bits per heavy atom. The van der Waals surface area contributed by atoms with Crippen LogP contribution in [0.5, 0.6) is 0 Å². The van der Waals surface area contributed by atoms with Gasteiger partial charge in [0.25, 0.3) is 0 Å². The summed E-state index contributed by atoms with van der Waals surface area (Å²) in [6, 6.07) is 22.5. The number of hydrogen-bond donors (Lipinski definition) is 1. The van der Waals surface area contributed by atoms with Gasteiger partial charge in [0.2, 0.25) is 0 Å². The number of halogens is 2. The van der Waals surface area contributed by atoms with Crippen molar-refractivity contribution in [1.82, 2.24) is 10.2 Å². The molecule has 1 fully saturated rings. The van der Waals surface area contributed by atoms with Crippen LogP contribution in [0.3, 0.4) is 0 Å². The van der Waals surface area contributed by atoms with Crippen molar-refractivity contribution in [3.05, 3.63) is 71.8 Å². The van der Waals surface area contributed by atoms with Gasteiger partial charge in [-0.2, -0.15) is 0 Å². The first kappa shape index (κ1) is 21.0. The molecule has 0 bridgehead atoms. The van der Waals surface area contributed by atoms with Gasteiger partial charge in [-0.05, 0) is 43.5 Å². The zero-order valence-corrected chi connectivity index (χ0v) is 15.7. The van der Waals surface area contributed by atoms with E-state index >= 15 is 0 Å². The molecular formula is C20H28Cl2N2. The highest BCUT2D eigenvalue weighted by atomic mass is 35.5. The summed E-state index contributed by atoms with van der Waals surface area (Å²) >= 11 is 0. The standard InChI is InChI=1S/C20H26N2.2ClH/c1-3-7-18(8-4-1)13-16-22(20-11-14-21-15-12-20)17-19-9-5-2-6-10-19;;/h1-10,20-21H,11-17H2;2*1H. The molecular weight excluding hydrogens is 339 g/mol. The summed E-state index contributed by atoms with van der Waals surface area (Å²) in [5.74, 6) is 0. The summed E-state index contributed by atoms with van der Waals surface area (Å²) < 4.78 is 0. The van der Waals surface area contributed by atoms with Crippen LogP contribution in [0.1, 0.15) is 24.0 Å². The summed E-state index contributed by atoms with van der Waals surface area (Å²) in [6.07, 6.45) is 3.67. The van der Waals surface area contributed by atoms with E-state index in [4.69, 9.17) is 0 Å². The topological polar surface area (TPSA) is 15.3 Å². The van der Waals surface area contributed by atoms with Crippen molar-refractivity contribution < 1.29 is 0 Å². The van der Waals surface area contributed by atoms with E-state index < -0.39 is 0 Å². The van der Waals surface area contributed by atoms with Crippen LogP contribution in [0.15, 0.2) is 60.7 Å². The van der Waals surface area contributed by atoms with E-state index in [1.807, 2.05) is 0 Å². The zero-order chi connectivity index (χ0) is 15.0. The minimum absolute atomic E-state index is 0. The molecule has 0 atom stereocenters. The smallest absolute Gasteiger partial charge is 0.0236 e. The average molecular weight is 367 g/mol. The molecule has 1 aliphatic heterocycles. The quantitative estimate of drug-likeness (QED) is 0.818. The number of nitrogens with zero attached hydrogens (tertiary/aromatic N) is 1. The highest BCUT2D eigenvalue weighted by Gasteiger charge is 2.20. The van der Waals surface area contributed by atoms with Crippen molar-refractivity contribution in [2.45, 2.75) is 31.8 Å². The predicted molar refractivity (Wildman–Crippen MR) is 107 cm³/mol. The van der Waals surface area contributed by atoms with Crippen molar-refractivity contribution in [1.29, 1.82) is 0 Å². The van der Waals surface area contributed by atoms with Gasteiger partial charge in [0.15, 0.2) is 0 Å². The van der Waals surface area contributed by atoms with Crippen LogP contribution in [0, 0.1) is 0 Å². The molecule has 0 radical (unpaired) electrons. The molecule has 2 aromatic carbocycles. The predicted octanol–water partition coefficient (Wildman–Crippen LogP) is 4.33. The van der Waals surface area contributed by atoms with E-state index in [2.05, 4.69) is 70.9 Å². The third-order valence-corrected chi connectivity index (χ3v) is 4.58. The largest absolute Gasteiger partial charge is 0.317 e. The van der Waals surface area contributed by atoms with Gasteiger partial charge in [0.05, 0.1) is 0 Å². The fourth-order valence-corrected chi connectivity index (χ4v) is 3.30. The van der Waals surface area contributed by atoms with E-state index in [1.165, 1.54) is 24.0 Å². The SMILES string of the molecule is Cl.Cl.c1ccc(CCN(Cc2ccccc2)C2CCNCC2)cc1. The van der Waals surface area contributed by atoms with Gasteiger partial charge in [-0.15, -0.1) is 24.8 Å². The Labute approximate surface area is 158 Å². The Balaban J connectivity index is 0.00000144. The molecule has 1 aliphatic rings. The van der Waals surface area contributed by atoms with Crippen molar-refractivity contribution in [2.24, 2.45) is 0 Å². The third-order valence-electron chi connectivity index (χ3n) is 4.58. The minimum Gasteiger partial charge on any atom is -0.317 e. The van der Waals surface area contributed by atoms with E-state index in [0.717, 1.165) is 32.6 Å². The molecule has 4 heteroatoms. The summed E-state index contributed by atoms with van der Waals surface area (Å²) in [6.45, 7) is 4.52. The summed E-state index contributed by atoms with van der Waals surface area (Å²) in [4.78, 5) is 2.68. The first-order chi connectivity index (χ1) is 10.9. The van der Waals surface area contributed by atoms with Crippen molar-refractivity contribution in [3.8, 4) is 0 Å². The van der Waals surface area contributed by atoms with Crippen molar-refractivity contribution in [2.75, 3.05) is 19.6 Å². The van der Waals surface area contributed by atoms with Crippen molar-refractivity contribution >= 4 is 24.8 Å². The fraction of sp³-hybridized carbons (Fsp3) is 0.400. The van der Waals surface area contributed by atoms with Gasteiger partial charge in [-0.25, -0.2) is 0 Å². The molecule has 0 spiro atoms. The van der Waals surface area contributed by atoms with E-state index in [1.54, 1.807) is 0 Å². The molecule has 1 saturated heterocycles.